The molecule has 1 aliphatic rings. The summed E-state index contributed by atoms with van der Waals surface area (Å²) in [5.41, 5.74) is 0.686. The molecule has 1 aliphatic heterocycles. The van der Waals surface area contributed by atoms with Gasteiger partial charge in [-0.25, -0.2) is 4.39 Å². The number of carbonyl (C=O) groups excluding carboxylic acids is 1. The minimum Gasteiger partial charge on any atom is -0.490 e. The normalized spacial score (nSPS) is 15.5. The van der Waals surface area contributed by atoms with Gasteiger partial charge in [-0.1, -0.05) is 12.1 Å². The molecular weight excluding hydrogens is 361 g/mol. The molecule has 0 radical (unpaired) electrons. The highest BCUT2D eigenvalue weighted by Crippen LogP contribution is 2.23. The van der Waals surface area contributed by atoms with Crippen LogP contribution in [0, 0.1) is 5.82 Å². The molecule has 0 atom stereocenters. The maximum absolute atomic E-state index is 12.9. The fourth-order valence-corrected chi connectivity index (χ4v) is 3.14. The van der Waals surface area contributed by atoms with Crippen molar-refractivity contribution < 1.29 is 13.9 Å². The smallest absolute Gasteiger partial charge is 0.255 e. The van der Waals surface area contributed by atoms with Crippen molar-refractivity contribution in [3.63, 3.8) is 0 Å². The second kappa shape index (κ2) is 7.13. The summed E-state index contributed by atoms with van der Waals surface area (Å²) in [4.78, 5) is 14.4. The lowest BCUT2D eigenvalue weighted by Gasteiger charge is -2.32. The van der Waals surface area contributed by atoms with E-state index in [-0.39, 0.29) is 17.8 Å². The van der Waals surface area contributed by atoms with Crippen molar-refractivity contribution in [1.82, 2.24) is 4.90 Å². The zero-order valence-corrected chi connectivity index (χ0v) is 14.1. The summed E-state index contributed by atoms with van der Waals surface area (Å²) in [5, 5.41) is 0. The first-order valence-corrected chi connectivity index (χ1v) is 8.39. The second-order valence-electron chi connectivity index (χ2n) is 5.54. The number of amides is 1. The first-order chi connectivity index (χ1) is 11.1. The molecule has 3 rings (SSSR count). The Balaban J connectivity index is 1.57. The van der Waals surface area contributed by atoms with Crippen molar-refractivity contribution in [3.8, 4) is 5.75 Å². The standard InChI is InChI=1S/C18H17BrFNO2/c19-17-4-2-1-3-16(17)18(22)21-11-9-15(10-12-21)23-14-7-5-13(20)6-8-14/h1-8,15H,9-12H2. The van der Waals surface area contributed by atoms with Crippen molar-refractivity contribution >= 4 is 21.8 Å². The second-order valence-corrected chi connectivity index (χ2v) is 6.40. The number of hydrogen-bond donors (Lipinski definition) is 0. The minimum atomic E-state index is -0.272. The quantitative estimate of drug-likeness (QED) is 0.798. The maximum Gasteiger partial charge on any atom is 0.255 e. The van der Waals surface area contributed by atoms with Gasteiger partial charge in [-0.2, -0.15) is 0 Å². The molecule has 1 amide bonds. The van der Waals surface area contributed by atoms with Crippen molar-refractivity contribution in [2.45, 2.75) is 18.9 Å². The molecule has 0 saturated carbocycles. The fraction of sp³-hybridized carbons (Fsp3) is 0.278. The van der Waals surface area contributed by atoms with Crippen LogP contribution in [0.4, 0.5) is 4.39 Å². The van der Waals surface area contributed by atoms with E-state index in [0.717, 1.165) is 17.3 Å². The first-order valence-electron chi connectivity index (χ1n) is 7.59. The Hall–Kier alpha value is -1.88. The molecule has 2 aromatic carbocycles. The van der Waals surface area contributed by atoms with Gasteiger partial charge in [-0.3, -0.25) is 4.79 Å². The minimum absolute atomic E-state index is 0.0395. The Labute approximate surface area is 143 Å². The van der Waals surface area contributed by atoms with Gasteiger partial charge in [0.15, 0.2) is 0 Å². The number of carbonyl (C=O) groups is 1. The van der Waals surface area contributed by atoms with Crippen LogP contribution in [0.15, 0.2) is 53.0 Å². The van der Waals surface area contributed by atoms with Gasteiger partial charge in [0.2, 0.25) is 0 Å². The van der Waals surface area contributed by atoms with Crippen LogP contribution < -0.4 is 4.74 Å². The van der Waals surface area contributed by atoms with Gasteiger partial charge < -0.3 is 9.64 Å². The maximum atomic E-state index is 12.9. The van der Waals surface area contributed by atoms with Gasteiger partial charge in [-0.05, 0) is 52.3 Å². The predicted molar refractivity (Wildman–Crippen MR) is 90.1 cm³/mol. The highest BCUT2D eigenvalue weighted by molar-refractivity contribution is 9.10. The van der Waals surface area contributed by atoms with Crippen LogP contribution in [0.2, 0.25) is 0 Å². The molecule has 3 nitrogen and oxygen atoms in total. The van der Waals surface area contributed by atoms with E-state index in [1.807, 2.05) is 29.2 Å². The van der Waals surface area contributed by atoms with Crippen LogP contribution in [0.3, 0.4) is 0 Å². The van der Waals surface area contributed by atoms with Crippen molar-refractivity contribution in [1.29, 1.82) is 0 Å². The SMILES string of the molecule is O=C(c1ccccc1Br)N1CCC(Oc2ccc(F)cc2)CC1. The zero-order chi connectivity index (χ0) is 16.2. The molecule has 23 heavy (non-hydrogen) atoms. The number of rotatable bonds is 3. The lowest BCUT2D eigenvalue weighted by molar-refractivity contribution is 0.0594. The third-order valence-corrected chi connectivity index (χ3v) is 4.64. The van der Waals surface area contributed by atoms with Gasteiger partial charge in [0, 0.05) is 30.4 Å². The van der Waals surface area contributed by atoms with Gasteiger partial charge in [0.05, 0.1) is 5.56 Å². The van der Waals surface area contributed by atoms with E-state index in [0.29, 0.717) is 24.4 Å². The third-order valence-electron chi connectivity index (χ3n) is 3.95. The van der Waals surface area contributed by atoms with E-state index in [4.69, 9.17) is 4.74 Å². The van der Waals surface area contributed by atoms with E-state index in [1.165, 1.54) is 12.1 Å². The number of piperidine rings is 1. The first kappa shape index (κ1) is 16.0. The van der Waals surface area contributed by atoms with Crippen molar-refractivity contribution in [2.24, 2.45) is 0 Å². The molecule has 0 N–H and O–H groups in total. The Morgan fingerprint density at radius 3 is 2.39 bits per heavy atom. The molecule has 0 aromatic heterocycles. The summed E-state index contributed by atoms with van der Waals surface area (Å²) in [7, 11) is 0. The highest BCUT2D eigenvalue weighted by atomic mass is 79.9. The van der Waals surface area contributed by atoms with E-state index < -0.39 is 0 Å². The molecule has 2 aromatic rings. The molecular formula is C18H17BrFNO2. The van der Waals surface area contributed by atoms with Crippen molar-refractivity contribution in [3.05, 3.63) is 64.4 Å². The third kappa shape index (κ3) is 3.91. The molecule has 0 spiro atoms. The van der Waals surface area contributed by atoms with Crippen LogP contribution in [-0.2, 0) is 0 Å². The fourth-order valence-electron chi connectivity index (χ4n) is 2.69. The number of likely N-dealkylation sites (tertiary alicyclic amines) is 1. The highest BCUT2D eigenvalue weighted by Gasteiger charge is 2.25. The number of ether oxygens (including phenoxy) is 1. The van der Waals surface area contributed by atoms with E-state index in [9.17, 15) is 9.18 Å². The molecule has 1 heterocycles. The van der Waals surface area contributed by atoms with Gasteiger partial charge in [0.1, 0.15) is 17.7 Å². The Morgan fingerprint density at radius 1 is 1.09 bits per heavy atom. The average Bonchev–Trinajstić information content (AvgIpc) is 2.57. The summed E-state index contributed by atoms with van der Waals surface area (Å²) in [6.07, 6.45) is 1.60. The van der Waals surface area contributed by atoms with Crippen LogP contribution in [0.5, 0.6) is 5.75 Å². The summed E-state index contributed by atoms with van der Waals surface area (Å²) in [5.74, 6) is 0.436. The van der Waals surface area contributed by atoms with Crippen LogP contribution >= 0.6 is 15.9 Å². The molecule has 1 fully saturated rings. The lowest BCUT2D eigenvalue weighted by Crippen LogP contribution is -2.41. The van der Waals surface area contributed by atoms with Crippen LogP contribution in [-0.4, -0.2) is 30.0 Å². The molecule has 5 heteroatoms. The van der Waals surface area contributed by atoms with Crippen molar-refractivity contribution in [2.75, 3.05) is 13.1 Å². The van der Waals surface area contributed by atoms with Gasteiger partial charge in [-0.15, -0.1) is 0 Å². The number of nitrogens with zero attached hydrogens (tertiary/aromatic N) is 1. The summed E-state index contributed by atoms with van der Waals surface area (Å²) in [6.45, 7) is 1.32. The molecule has 0 aliphatic carbocycles. The number of halogens is 2. The summed E-state index contributed by atoms with van der Waals surface area (Å²) < 4.78 is 19.6. The monoisotopic (exact) mass is 377 g/mol. The van der Waals surface area contributed by atoms with E-state index in [2.05, 4.69) is 15.9 Å². The Morgan fingerprint density at radius 2 is 1.74 bits per heavy atom. The van der Waals surface area contributed by atoms with E-state index >= 15 is 0 Å². The summed E-state index contributed by atoms with van der Waals surface area (Å²) >= 11 is 3.42. The number of hydrogen-bond acceptors (Lipinski definition) is 2. The zero-order valence-electron chi connectivity index (χ0n) is 12.5. The molecule has 0 bridgehead atoms. The predicted octanol–water partition coefficient (Wildman–Crippen LogP) is 4.27. The molecule has 0 unspecified atom stereocenters. The summed E-state index contributed by atoms with van der Waals surface area (Å²) in [6, 6.07) is 13.5. The van der Waals surface area contributed by atoms with E-state index in [1.54, 1.807) is 12.1 Å². The van der Waals surface area contributed by atoms with Gasteiger partial charge >= 0.3 is 0 Å². The Kier molecular flexibility index (Phi) is 4.96. The topological polar surface area (TPSA) is 29.5 Å². The van der Waals surface area contributed by atoms with Crippen LogP contribution in [0.25, 0.3) is 0 Å². The lowest BCUT2D eigenvalue weighted by atomic mass is 10.1. The Bertz CT molecular complexity index is 682. The van der Waals surface area contributed by atoms with Gasteiger partial charge in [0.25, 0.3) is 5.91 Å². The molecule has 1 saturated heterocycles. The largest absolute Gasteiger partial charge is 0.490 e. The van der Waals surface area contributed by atoms with Crippen LogP contribution in [0.1, 0.15) is 23.2 Å². The molecule has 120 valence electrons. The average molecular weight is 378 g/mol. The number of benzene rings is 2.